The van der Waals surface area contributed by atoms with Crippen LogP contribution in [0.15, 0.2) is 206 Å². The van der Waals surface area contributed by atoms with Crippen LogP contribution in [0.1, 0.15) is 136 Å². The van der Waals surface area contributed by atoms with Crippen molar-refractivity contribution in [3.63, 3.8) is 0 Å². The lowest BCUT2D eigenvalue weighted by Gasteiger charge is -2.32. The van der Waals surface area contributed by atoms with Crippen LogP contribution in [0.5, 0.6) is 46.0 Å². The van der Waals surface area contributed by atoms with Crippen molar-refractivity contribution in [3.05, 3.63) is 273 Å². The molecule has 127 heavy (non-hydrogen) atoms. The molecule has 0 radical (unpaired) electrons. The maximum absolute atomic E-state index is 14.5. The number of methoxy groups -OCH3 is 4. The van der Waals surface area contributed by atoms with Gasteiger partial charge < -0.3 is 103 Å². The Bertz CT molecular complexity index is 4660. The number of para-hydroxylation sites is 4. The number of hydrogen-bond acceptors (Lipinski definition) is 21. The average Bonchev–Trinajstić information content (AvgIpc) is 0.835. The molecule has 0 unspecified atom stereocenters. The van der Waals surface area contributed by atoms with Crippen molar-refractivity contribution in [1.29, 1.82) is 0 Å². The third-order valence-corrected chi connectivity index (χ3v) is 22.2. The first-order valence-corrected chi connectivity index (χ1v) is 44.5. The molecule has 3 amide bonds. The van der Waals surface area contributed by atoms with Crippen LogP contribution < -0.4 is 69.8 Å². The lowest BCUT2D eigenvalue weighted by atomic mass is 9.87. The Morgan fingerprint density at radius 2 is 0.803 bits per heavy atom. The maximum atomic E-state index is 14.5. The standard InChI is InChI=1S/C35H46N2O6.C34H43FN2O6.C33H42N2O6/c1-26-8-6-11-34(31(26)17-19-37-27(2)38)42-22-23-43-35-24-36-18-16-32(35)28-12-14-30(15-13-28)41-21-7-20-40-25-29-9-4-5-10-33(29)39-3;1-25(38)37-18-15-27-8-5-9-31(35)34(27)43-22-21-42-33-23-36-17-16-30(33)26-11-13-29(14-12-26)41-20-6-19-40-24-28-7-3-4-10-32(28)39-2;1-37-20-17-35-33(36)27-9-5-7-25(21-27)23-41-32-22-34-16-15-30(32)26-11-13-29(14-12-26)40-19-6-18-39-24-28-8-3-4-10-31(28)38-2/h4-6,8-15,32,35-36H,7,16-25H2,1-3H3,(H,37,38);3-5,7-14,30,33,36H,6,15-24H2,1-2H3,(H,37,38);3-5,7-14,21,30,32,34H,6,15-20,22-24H2,1-2H3,(H,35,36)/t32-,35+;30-,33+;30-,32+/m111/s1. The normalized spacial score (nSPS) is 16.5. The second-order valence-electron chi connectivity index (χ2n) is 31.3. The molecule has 3 saturated heterocycles. The molecule has 24 nitrogen and oxygen atoms in total. The molecule has 9 aromatic carbocycles. The summed E-state index contributed by atoms with van der Waals surface area (Å²) >= 11 is 0. The smallest absolute Gasteiger partial charge is 0.251 e. The highest BCUT2D eigenvalue weighted by Gasteiger charge is 2.31. The summed E-state index contributed by atoms with van der Waals surface area (Å²) in [5.74, 6) is 6.30. The Hall–Kier alpha value is -10.7. The van der Waals surface area contributed by atoms with Gasteiger partial charge in [-0.05, 0) is 176 Å². The molecule has 25 heteroatoms. The van der Waals surface area contributed by atoms with E-state index in [2.05, 4.69) is 81.3 Å². The molecule has 3 fully saturated rings. The molecule has 3 aliphatic heterocycles. The zero-order chi connectivity index (χ0) is 89.3. The van der Waals surface area contributed by atoms with Gasteiger partial charge in [-0.2, -0.15) is 0 Å². The van der Waals surface area contributed by atoms with E-state index in [0.29, 0.717) is 136 Å². The minimum atomic E-state index is -0.416. The number of amides is 3. The van der Waals surface area contributed by atoms with Gasteiger partial charge in [0, 0.05) is 119 Å². The SMILES string of the molecule is COCCNC(=O)c1cccc(CO[C@H]2CNCC[C@@H]2c2ccc(OCCCOCc3ccccc3OC)cc2)c1.COc1ccccc1COCCCOc1ccc([C@H]2CCNC[C@@H]2OCCOc2c(F)cccc2CCNC(C)=O)cc1.COc1ccccc1COCCCOc1ccc([C@H]2CCNC[C@@H]2OCCOc2cccc(C)c2CCNC(C)=O)cc1. The summed E-state index contributed by atoms with van der Waals surface area (Å²) in [6.07, 6.45) is 6.66. The van der Waals surface area contributed by atoms with Crippen molar-refractivity contribution in [1.82, 2.24) is 31.9 Å². The molecular formula is C102H131FN6O18. The van der Waals surface area contributed by atoms with Crippen molar-refractivity contribution in [3.8, 4) is 46.0 Å². The van der Waals surface area contributed by atoms with E-state index in [0.717, 1.165) is 158 Å². The van der Waals surface area contributed by atoms with Crippen molar-refractivity contribution in [2.45, 2.75) is 135 Å². The summed E-state index contributed by atoms with van der Waals surface area (Å²) in [5, 5.41) is 18.8. The van der Waals surface area contributed by atoms with Gasteiger partial charge in [-0.15, -0.1) is 0 Å². The second-order valence-corrected chi connectivity index (χ2v) is 31.3. The fraction of sp³-hybridized carbons (Fsp3) is 0.441. The third kappa shape index (κ3) is 34.1. The van der Waals surface area contributed by atoms with Gasteiger partial charge >= 0.3 is 0 Å². The fourth-order valence-corrected chi connectivity index (χ4v) is 15.5. The van der Waals surface area contributed by atoms with Crippen LogP contribution in [-0.2, 0) is 82.0 Å². The van der Waals surface area contributed by atoms with E-state index in [4.69, 9.17) is 71.1 Å². The van der Waals surface area contributed by atoms with Gasteiger partial charge in [0.1, 0.15) is 53.5 Å². The Kier molecular flexibility index (Phi) is 43.8. The largest absolute Gasteiger partial charge is 0.496 e. The lowest BCUT2D eigenvalue weighted by molar-refractivity contribution is -0.119. The van der Waals surface area contributed by atoms with Gasteiger partial charge in [0.25, 0.3) is 5.91 Å². The first kappa shape index (κ1) is 98.5. The van der Waals surface area contributed by atoms with Gasteiger partial charge in [-0.25, -0.2) is 4.39 Å². The number of carbonyl (C=O) groups is 3. The highest BCUT2D eigenvalue weighted by molar-refractivity contribution is 5.94. The predicted molar refractivity (Wildman–Crippen MR) is 490 cm³/mol. The molecule has 0 aliphatic carbocycles. The summed E-state index contributed by atoms with van der Waals surface area (Å²) in [6.45, 7) is 19.3. The van der Waals surface area contributed by atoms with Crippen LogP contribution in [0.25, 0.3) is 0 Å². The Labute approximate surface area is 749 Å². The van der Waals surface area contributed by atoms with Crippen LogP contribution in [0.4, 0.5) is 4.39 Å². The highest BCUT2D eigenvalue weighted by atomic mass is 19.1. The lowest BCUT2D eigenvalue weighted by Crippen LogP contribution is -2.41. The third-order valence-electron chi connectivity index (χ3n) is 22.2. The molecular weight excluding hydrogens is 1620 g/mol. The van der Waals surface area contributed by atoms with Crippen molar-refractivity contribution in [2.75, 3.05) is 160 Å². The zero-order valence-corrected chi connectivity index (χ0v) is 74.9. The van der Waals surface area contributed by atoms with E-state index < -0.39 is 5.82 Å². The maximum Gasteiger partial charge on any atom is 0.251 e. The molecule has 9 aromatic rings. The Morgan fingerprint density at radius 3 is 1.26 bits per heavy atom. The monoisotopic (exact) mass is 1750 g/mol. The second kappa shape index (κ2) is 56.5. The molecule has 0 aromatic heterocycles. The van der Waals surface area contributed by atoms with E-state index in [-0.39, 0.29) is 60.2 Å². The summed E-state index contributed by atoms with van der Waals surface area (Å²) in [7, 11) is 6.63. The van der Waals surface area contributed by atoms with Gasteiger partial charge in [-0.1, -0.05) is 127 Å². The molecule has 12 rings (SSSR count). The topological polar surface area (TPSA) is 262 Å². The molecule has 6 N–H and O–H groups in total. The number of ether oxygens (including phenoxy) is 15. The molecule has 0 bridgehead atoms. The molecule has 3 heterocycles. The minimum Gasteiger partial charge on any atom is -0.496 e. The Balaban J connectivity index is 0.000000199. The van der Waals surface area contributed by atoms with Crippen LogP contribution in [0.3, 0.4) is 0 Å². The highest BCUT2D eigenvalue weighted by Crippen LogP contribution is 2.35. The van der Waals surface area contributed by atoms with E-state index in [1.54, 1.807) is 34.5 Å². The summed E-state index contributed by atoms with van der Waals surface area (Å²) in [4.78, 5) is 34.8. The zero-order valence-electron chi connectivity index (χ0n) is 74.9. The van der Waals surface area contributed by atoms with Crippen LogP contribution in [0, 0.1) is 12.7 Å². The van der Waals surface area contributed by atoms with E-state index in [9.17, 15) is 18.8 Å². The van der Waals surface area contributed by atoms with Crippen molar-refractivity contribution >= 4 is 17.7 Å². The van der Waals surface area contributed by atoms with E-state index >= 15 is 0 Å². The molecule has 0 spiro atoms. The van der Waals surface area contributed by atoms with Crippen LogP contribution in [0.2, 0.25) is 0 Å². The van der Waals surface area contributed by atoms with Crippen molar-refractivity contribution in [2.24, 2.45) is 0 Å². The number of benzene rings is 9. The number of aryl methyl sites for hydroxylation is 1. The quantitative estimate of drug-likeness (QED) is 0.0194. The summed E-state index contributed by atoms with van der Waals surface area (Å²) in [5.41, 5.74) is 11.4. The first-order chi connectivity index (χ1) is 62.3. The van der Waals surface area contributed by atoms with Gasteiger partial charge in [0.05, 0.1) is 126 Å². The van der Waals surface area contributed by atoms with Crippen LogP contribution >= 0.6 is 0 Å². The first-order valence-electron chi connectivity index (χ1n) is 44.5. The minimum absolute atomic E-state index is 0.0237. The van der Waals surface area contributed by atoms with Crippen LogP contribution in [-0.4, -0.2) is 196 Å². The Morgan fingerprint density at radius 1 is 0.386 bits per heavy atom. The fourth-order valence-electron chi connectivity index (χ4n) is 15.5. The van der Waals surface area contributed by atoms with Gasteiger partial charge in [-0.3, -0.25) is 14.4 Å². The number of piperidine rings is 3. The average molecular weight is 1750 g/mol. The van der Waals surface area contributed by atoms with E-state index in [1.165, 1.54) is 36.6 Å². The number of halogens is 1. The number of nitrogens with one attached hydrogen (secondary N) is 6. The molecule has 6 atom stereocenters. The van der Waals surface area contributed by atoms with Crippen molar-refractivity contribution < 1.29 is 89.8 Å². The number of hydrogen-bond donors (Lipinski definition) is 6. The molecule has 0 saturated carbocycles. The predicted octanol–water partition coefficient (Wildman–Crippen LogP) is 15.0. The summed E-state index contributed by atoms with van der Waals surface area (Å²) in [6, 6.07) is 67.2. The number of rotatable bonds is 50. The van der Waals surface area contributed by atoms with Gasteiger partial charge in [0.15, 0.2) is 11.6 Å². The summed E-state index contributed by atoms with van der Waals surface area (Å²) < 4.78 is 102. The number of carbonyl (C=O) groups excluding carboxylic acids is 3. The molecule has 3 aliphatic rings. The van der Waals surface area contributed by atoms with E-state index in [1.807, 2.05) is 152 Å². The van der Waals surface area contributed by atoms with Gasteiger partial charge in [0.2, 0.25) is 11.8 Å². The molecule has 684 valence electrons.